The van der Waals surface area contributed by atoms with Gasteiger partial charge in [-0.25, -0.2) is 0 Å². The van der Waals surface area contributed by atoms with Gasteiger partial charge in [0.1, 0.15) is 5.75 Å². The van der Waals surface area contributed by atoms with E-state index in [9.17, 15) is 0 Å². The van der Waals surface area contributed by atoms with E-state index in [0.29, 0.717) is 6.04 Å². The molecule has 0 aliphatic heterocycles. The molecular weight excluding hydrogens is 322 g/mol. The zero-order valence-electron chi connectivity index (χ0n) is 11.2. The molecule has 2 aromatic rings. The molecule has 0 aliphatic rings. The molecule has 0 bridgehead atoms. The molecule has 2 nitrogen and oxygen atoms in total. The quantitative estimate of drug-likeness (QED) is 0.849. The van der Waals surface area contributed by atoms with Gasteiger partial charge in [0.15, 0.2) is 0 Å². The van der Waals surface area contributed by atoms with Gasteiger partial charge in [-0.15, -0.1) is 11.3 Å². The molecule has 1 atom stereocenters. The van der Waals surface area contributed by atoms with Crippen LogP contribution in [0.3, 0.4) is 0 Å². The van der Waals surface area contributed by atoms with Crippen molar-refractivity contribution in [3.05, 3.63) is 50.6 Å². The zero-order chi connectivity index (χ0) is 13.7. The van der Waals surface area contributed by atoms with Crippen LogP contribution in [0.15, 0.2) is 39.5 Å². The molecule has 0 saturated carbocycles. The first kappa shape index (κ1) is 14.6. The Morgan fingerprint density at radius 2 is 2.16 bits per heavy atom. The SMILES string of the molecule is COc1ccccc1CC(C)NCc1csc(Br)c1. The number of benzene rings is 1. The number of nitrogens with one attached hydrogen (secondary N) is 1. The summed E-state index contributed by atoms with van der Waals surface area (Å²) in [5.74, 6) is 0.967. The van der Waals surface area contributed by atoms with E-state index in [-0.39, 0.29) is 0 Å². The summed E-state index contributed by atoms with van der Waals surface area (Å²) in [6.07, 6.45) is 0.968. The van der Waals surface area contributed by atoms with Crippen molar-refractivity contribution in [1.29, 1.82) is 0 Å². The molecule has 1 N–H and O–H groups in total. The summed E-state index contributed by atoms with van der Waals surface area (Å²) in [4.78, 5) is 0. The molecule has 1 unspecified atom stereocenters. The first-order valence-corrected chi connectivity index (χ1v) is 7.94. The second-order valence-corrected chi connectivity index (χ2v) is 6.85. The van der Waals surface area contributed by atoms with Gasteiger partial charge in [0.05, 0.1) is 10.9 Å². The average molecular weight is 340 g/mol. The number of ether oxygens (including phenoxy) is 1. The smallest absolute Gasteiger partial charge is 0.122 e. The lowest BCUT2D eigenvalue weighted by atomic mass is 10.1. The van der Waals surface area contributed by atoms with Gasteiger partial charge in [-0.1, -0.05) is 18.2 Å². The monoisotopic (exact) mass is 339 g/mol. The number of thiophene rings is 1. The number of halogens is 1. The van der Waals surface area contributed by atoms with Crippen molar-refractivity contribution >= 4 is 27.3 Å². The van der Waals surface area contributed by atoms with Gasteiger partial charge in [0.25, 0.3) is 0 Å². The van der Waals surface area contributed by atoms with Crippen molar-refractivity contribution in [3.8, 4) is 5.75 Å². The minimum Gasteiger partial charge on any atom is -0.496 e. The van der Waals surface area contributed by atoms with Crippen LogP contribution < -0.4 is 10.1 Å². The van der Waals surface area contributed by atoms with Crippen LogP contribution in [-0.4, -0.2) is 13.2 Å². The van der Waals surface area contributed by atoms with E-state index in [1.54, 1.807) is 18.4 Å². The van der Waals surface area contributed by atoms with Crippen LogP contribution in [-0.2, 0) is 13.0 Å². The topological polar surface area (TPSA) is 21.3 Å². The number of rotatable bonds is 6. The van der Waals surface area contributed by atoms with Crippen molar-refractivity contribution < 1.29 is 4.74 Å². The van der Waals surface area contributed by atoms with Crippen LogP contribution in [0.5, 0.6) is 5.75 Å². The van der Waals surface area contributed by atoms with Gasteiger partial charge in [-0.3, -0.25) is 0 Å². The Morgan fingerprint density at radius 3 is 2.84 bits per heavy atom. The molecule has 0 amide bonds. The van der Waals surface area contributed by atoms with E-state index in [2.05, 4.69) is 51.7 Å². The zero-order valence-corrected chi connectivity index (χ0v) is 13.6. The highest BCUT2D eigenvalue weighted by atomic mass is 79.9. The van der Waals surface area contributed by atoms with Gasteiger partial charge in [-0.05, 0) is 57.9 Å². The average Bonchev–Trinajstić information content (AvgIpc) is 2.83. The summed E-state index contributed by atoms with van der Waals surface area (Å²) in [7, 11) is 1.72. The van der Waals surface area contributed by atoms with Gasteiger partial charge >= 0.3 is 0 Å². The summed E-state index contributed by atoms with van der Waals surface area (Å²) < 4.78 is 6.56. The maximum atomic E-state index is 5.38. The first-order chi connectivity index (χ1) is 9.19. The van der Waals surface area contributed by atoms with Gasteiger partial charge in [-0.2, -0.15) is 0 Å². The fraction of sp³-hybridized carbons (Fsp3) is 0.333. The highest BCUT2D eigenvalue weighted by Gasteiger charge is 2.08. The van der Waals surface area contributed by atoms with Gasteiger partial charge < -0.3 is 10.1 Å². The lowest BCUT2D eigenvalue weighted by Crippen LogP contribution is -2.27. The van der Waals surface area contributed by atoms with Crippen LogP contribution in [0.1, 0.15) is 18.1 Å². The van der Waals surface area contributed by atoms with Crippen molar-refractivity contribution in [3.63, 3.8) is 0 Å². The van der Waals surface area contributed by atoms with E-state index in [0.717, 1.165) is 18.7 Å². The Bertz CT molecular complexity index is 526. The van der Waals surface area contributed by atoms with E-state index in [4.69, 9.17) is 4.74 Å². The molecule has 1 heterocycles. The molecular formula is C15H18BrNOS. The van der Waals surface area contributed by atoms with Crippen molar-refractivity contribution in [1.82, 2.24) is 5.32 Å². The maximum Gasteiger partial charge on any atom is 0.122 e. The molecule has 2 rings (SSSR count). The number of hydrogen-bond donors (Lipinski definition) is 1. The second kappa shape index (κ2) is 7.08. The number of para-hydroxylation sites is 1. The summed E-state index contributed by atoms with van der Waals surface area (Å²) in [5, 5.41) is 5.72. The second-order valence-electron chi connectivity index (χ2n) is 4.56. The molecule has 0 saturated heterocycles. The summed E-state index contributed by atoms with van der Waals surface area (Å²) in [6, 6.07) is 10.8. The standard InChI is InChI=1S/C15H18BrNOS/c1-11(17-9-12-8-15(16)19-10-12)7-13-5-3-4-6-14(13)18-2/h3-6,8,10-11,17H,7,9H2,1-2H3. The van der Waals surface area contributed by atoms with E-state index >= 15 is 0 Å². The van der Waals surface area contributed by atoms with E-state index < -0.39 is 0 Å². The van der Waals surface area contributed by atoms with Crippen LogP contribution in [0, 0.1) is 0 Å². The predicted octanol–water partition coefficient (Wildman–Crippen LogP) is 4.24. The molecule has 4 heteroatoms. The molecule has 0 spiro atoms. The van der Waals surface area contributed by atoms with Gasteiger partial charge in [0.2, 0.25) is 0 Å². The van der Waals surface area contributed by atoms with Crippen LogP contribution in [0.4, 0.5) is 0 Å². The third-order valence-corrected chi connectivity index (χ3v) is 4.55. The third-order valence-electron chi connectivity index (χ3n) is 3.00. The Morgan fingerprint density at radius 1 is 1.37 bits per heavy atom. The molecule has 19 heavy (non-hydrogen) atoms. The Balaban J connectivity index is 1.88. The Hall–Kier alpha value is -0.840. The number of methoxy groups -OCH3 is 1. The highest BCUT2D eigenvalue weighted by Crippen LogP contribution is 2.21. The molecule has 1 aromatic carbocycles. The predicted molar refractivity (Wildman–Crippen MR) is 85.0 cm³/mol. The minimum absolute atomic E-state index is 0.412. The third kappa shape index (κ3) is 4.34. The summed E-state index contributed by atoms with van der Waals surface area (Å²) in [5.41, 5.74) is 2.57. The first-order valence-electron chi connectivity index (χ1n) is 6.27. The van der Waals surface area contributed by atoms with Gasteiger partial charge in [0, 0.05) is 12.6 Å². The lowest BCUT2D eigenvalue weighted by Gasteiger charge is -2.15. The van der Waals surface area contributed by atoms with Crippen LogP contribution in [0.2, 0.25) is 0 Å². The Kier molecular flexibility index (Phi) is 5.43. The van der Waals surface area contributed by atoms with Crippen molar-refractivity contribution in [2.24, 2.45) is 0 Å². The lowest BCUT2D eigenvalue weighted by molar-refractivity contribution is 0.406. The Labute approximate surface area is 126 Å². The fourth-order valence-electron chi connectivity index (χ4n) is 2.00. The molecule has 0 fully saturated rings. The van der Waals surface area contributed by atoms with Crippen LogP contribution >= 0.6 is 27.3 Å². The van der Waals surface area contributed by atoms with Crippen molar-refractivity contribution in [2.45, 2.75) is 25.9 Å². The van der Waals surface area contributed by atoms with E-state index in [1.165, 1.54) is 14.9 Å². The van der Waals surface area contributed by atoms with Crippen LogP contribution in [0.25, 0.3) is 0 Å². The molecule has 0 aliphatic carbocycles. The largest absolute Gasteiger partial charge is 0.496 e. The van der Waals surface area contributed by atoms with E-state index in [1.807, 2.05) is 12.1 Å². The molecule has 0 radical (unpaired) electrons. The summed E-state index contributed by atoms with van der Waals surface area (Å²) >= 11 is 5.21. The summed E-state index contributed by atoms with van der Waals surface area (Å²) in [6.45, 7) is 3.10. The maximum absolute atomic E-state index is 5.38. The fourth-order valence-corrected chi connectivity index (χ4v) is 3.21. The molecule has 1 aromatic heterocycles. The molecule has 102 valence electrons. The number of hydrogen-bond acceptors (Lipinski definition) is 3. The van der Waals surface area contributed by atoms with Crippen molar-refractivity contribution in [2.75, 3.05) is 7.11 Å². The normalized spacial score (nSPS) is 12.4. The highest BCUT2D eigenvalue weighted by molar-refractivity contribution is 9.11. The minimum atomic E-state index is 0.412.